The first-order chi connectivity index (χ1) is 12.0. The molecule has 1 aromatic carbocycles. The molecule has 0 fully saturated rings. The Balaban J connectivity index is 1.78. The van der Waals surface area contributed by atoms with E-state index >= 15 is 0 Å². The lowest BCUT2D eigenvalue weighted by Gasteiger charge is -2.40. The van der Waals surface area contributed by atoms with Crippen molar-refractivity contribution in [3.05, 3.63) is 64.1 Å². The van der Waals surface area contributed by atoms with Crippen molar-refractivity contribution in [2.24, 2.45) is 0 Å². The third kappa shape index (κ3) is 4.21. The van der Waals surface area contributed by atoms with Gasteiger partial charge in [-0.2, -0.15) is 0 Å². The molecule has 1 aliphatic rings. The molecule has 0 saturated carbocycles. The molecule has 1 atom stereocenters. The molecule has 0 amide bonds. The number of aryl methyl sites for hydroxylation is 1. The number of thiophene rings is 1. The van der Waals surface area contributed by atoms with Gasteiger partial charge in [0, 0.05) is 37.3 Å². The lowest BCUT2D eigenvalue weighted by Crippen LogP contribution is -2.61. The second-order valence-corrected chi connectivity index (χ2v) is 7.38. The van der Waals surface area contributed by atoms with E-state index < -0.39 is 0 Å². The van der Waals surface area contributed by atoms with E-state index in [9.17, 15) is 0 Å². The number of rotatable bonds is 6. The molecule has 6 heteroatoms. The number of hydrogen-bond donors (Lipinski definition) is 3. The van der Waals surface area contributed by atoms with Crippen LogP contribution < -0.4 is 15.5 Å². The molecule has 0 bridgehead atoms. The highest BCUT2D eigenvalue weighted by Crippen LogP contribution is 2.21. The molecule has 3 rings (SSSR count). The van der Waals surface area contributed by atoms with Crippen molar-refractivity contribution in [3.63, 3.8) is 0 Å². The third-order valence-corrected chi connectivity index (χ3v) is 5.10. The Morgan fingerprint density at radius 1 is 1.24 bits per heavy atom. The molecular weight excluding hydrogens is 330 g/mol. The summed E-state index contributed by atoms with van der Waals surface area (Å²) in [5.74, 6) is 1.40. The van der Waals surface area contributed by atoms with Crippen LogP contribution in [0.2, 0.25) is 0 Å². The van der Waals surface area contributed by atoms with E-state index in [1.807, 2.05) is 30.0 Å². The number of hydrogen-bond acceptors (Lipinski definition) is 5. The fourth-order valence-electron chi connectivity index (χ4n) is 2.77. The highest BCUT2D eigenvalue weighted by molar-refractivity contribution is 7.09. The van der Waals surface area contributed by atoms with E-state index in [1.165, 1.54) is 10.4 Å². The van der Waals surface area contributed by atoms with E-state index in [-0.39, 0.29) is 6.29 Å². The van der Waals surface area contributed by atoms with Crippen molar-refractivity contribution < 1.29 is 0 Å². The van der Waals surface area contributed by atoms with Gasteiger partial charge in [0.25, 0.3) is 0 Å². The fourth-order valence-corrected chi connectivity index (χ4v) is 3.47. The van der Waals surface area contributed by atoms with Crippen molar-refractivity contribution in [2.45, 2.75) is 19.6 Å². The molecule has 132 valence electrons. The average Bonchev–Trinajstić information content (AvgIpc) is 3.09. The summed E-state index contributed by atoms with van der Waals surface area (Å²) < 4.78 is 0. The number of nitrogens with one attached hydrogen (secondary N) is 3. The zero-order valence-corrected chi connectivity index (χ0v) is 15.7. The summed E-state index contributed by atoms with van der Waals surface area (Å²) in [6.07, 6.45) is 2.68. The van der Waals surface area contributed by atoms with Crippen LogP contribution in [0.5, 0.6) is 0 Å². The van der Waals surface area contributed by atoms with Crippen LogP contribution in [-0.2, 0) is 6.42 Å². The van der Waals surface area contributed by atoms with Crippen molar-refractivity contribution >= 4 is 22.9 Å². The Morgan fingerprint density at radius 3 is 2.64 bits per heavy atom. The minimum Gasteiger partial charge on any atom is -0.364 e. The van der Waals surface area contributed by atoms with Gasteiger partial charge in [-0.25, -0.2) is 0 Å². The number of nitrogens with zero attached hydrogens (tertiary/aromatic N) is 2. The summed E-state index contributed by atoms with van der Waals surface area (Å²) in [5, 5.41) is 17.7. The molecule has 25 heavy (non-hydrogen) atoms. The summed E-state index contributed by atoms with van der Waals surface area (Å²) in [6, 6.07) is 12.5. The largest absolute Gasteiger partial charge is 0.364 e. The number of anilines is 1. The van der Waals surface area contributed by atoms with Gasteiger partial charge in [-0.05, 0) is 36.9 Å². The standard InChI is InChI=1S/C19H25N5S/c1-14-6-8-15(9-7-14)24-17(20)13-18(23(2)3)22-19(24)21-11-10-16-5-4-12-25-16/h4-9,12-13,19-22H,10-11H2,1-3H3. The molecular formula is C19H25N5S. The maximum Gasteiger partial charge on any atom is 0.162 e. The summed E-state index contributed by atoms with van der Waals surface area (Å²) >= 11 is 1.78. The first-order valence-electron chi connectivity index (χ1n) is 8.40. The number of benzene rings is 1. The summed E-state index contributed by atoms with van der Waals surface area (Å²) in [7, 11) is 3.96. The van der Waals surface area contributed by atoms with Gasteiger partial charge in [0.1, 0.15) is 11.7 Å². The Kier molecular flexibility index (Phi) is 5.40. The van der Waals surface area contributed by atoms with Crippen molar-refractivity contribution in [1.29, 1.82) is 5.41 Å². The predicted octanol–water partition coefficient (Wildman–Crippen LogP) is 2.96. The minimum absolute atomic E-state index is 0.155. The van der Waals surface area contributed by atoms with Crippen LogP contribution in [0.3, 0.4) is 0 Å². The second-order valence-electron chi connectivity index (χ2n) is 6.35. The summed E-state index contributed by atoms with van der Waals surface area (Å²) in [4.78, 5) is 5.35. The molecule has 1 unspecified atom stereocenters. The lowest BCUT2D eigenvalue weighted by atomic mass is 10.2. The lowest BCUT2D eigenvalue weighted by molar-refractivity contribution is 0.382. The van der Waals surface area contributed by atoms with Crippen molar-refractivity contribution in [1.82, 2.24) is 15.5 Å². The van der Waals surface area contributed by atoms with Gasteiger partial charge in [-0.15, -0.1) is 11.3 Å². The van der Waals surface area contributed by atoms with Crippen molar-refractivity contribution in [3.8, 4) is 0 Å². The molecule has 0 spiro atoms. The van der Waals surface area contributed by atoms with Gasteiger partial charge in [-0.1, -0.05) is 23.8 Å². The minimum atomic E-state index is -0.155. The van der Waals surface area contributed by atoms with Crippen LogP contribution >= 0.6 is 11.3 Å². The first-order valence-corrected chi connectivity index (χ1v) is 9.28. The maximum absolute atomic E-state index is 8.51. The van der Waals surface area contributed by atoms with Crippen LogP contribution in [0, 0.1) is 12.3 Å². The van der Waals surface area contributed by atoms with Crippen LogP contribution in [0.15, 0.2) is 53.7 Å². The van der Waals surface area contributed by atoms with Crippen LogP contribution in [0.1, 0.15) is 10.4 Å². The van der Waals surface area contributed by atoms with Crippen LogP contribution in [0.4, 0.5) is 5.69 Å². The Hall–Kier alpha value is -2.31. The molecule has 0 radical (unpaired) electrons. The van der Waals surface area contributed by atoms with Crippen LogP contribution in [-0.4, -0.2) is 37.7 Å². The molecule has 2 heterocycles. The Labute approximate surface area is 153 Å². The Bertz CT molecular complexity index is 734. The van der Waals surface area contributed by atoms with E-state index in [2.05, 4.69) is 59.3 Å². The molecule has 1 aliphatic heterocycles. The molecule has 5 nitrogen and oxygen atoms in total. The van der Waals surface area contributed by atoms with Crippen LogP contribution in [0.25, 0.3) is 0 Å². The fraction of sp³-hybridized carbons (Fsp3) is 0.316. The topological polar surface area (TPSA) is 54.4 Å². The first kappa shape index (κ1) is 17.5. The van der Waals surface area contributed by atoms with Gasteiger partial charge in [0.2, 0.25) is 0 Å². The van der Waals surface area contributed by atoms with E-state index in [0.29, 0.717) is 5.84 Å². The third-order valence-electron chi connectivity index (χ3n) is 4.16. The quantitative estimate of drug-likeness (QED) is 0.746. The van der Waals surface area contributed by atoms with Gasteiger partial charge >= 0.3 is 0 Å². The van der Waals surface area contributed by atoms with Crippen molar-refractivity contribution in [2.75, 3.05) is 25.5 Å². The highest BCUT2D eigenvalue weighted by Gasteiger charge is 2.27. The SMILES string of the molecule is Cc1ccc(N2C(=N)C=C(N(C)C)NC2NCCc2cccs2)cc1. The summed E-state index contributed by atoms with van der Waals surface area (Å²) in [6.45, 7) is 2.92. The molecule has 0 saturated heterocycles. The second kappa shape index (κ2) is 7.72. The molecule has 3 N–H and O–H groups in total. The molecule has 0 aliphatic carbocycles. The molecule has 1 aromatic heterocycles. The van der Waals surface area contributed by atoms with Gasteiger partial charge < -0.3 is 10.2 Å². The average molecular weight is 356 g/mol. The smallest absolute Gasteiger partial charge is 0.162 e. The van der Waals surface area contributed by atoms with E-state index in [4.69, 9.17) is 5.41 Å². The zero-order chi connectivity index (χ0) is 17.8. The number of amidine groups is 1. The monoisotopic (exact) mass is 355 g/mol. The highest BCUT2D eigenvalue weighted by atomic mass is 32.1. The zero-order valence-electron chi connectivity index (χ0n) is 14.9. The summed E-state index contributed by atoms with van der Waals surface area (Å²) in [5.41, 5.74) is 2.22. The maximum atomic E-state index is 8.51. The van der Waals surface area contributed by atoms with Gasteiger partial charge in [0.05, 0.1) is 0 Å². The molecule has 2 aromatic rings. The van der Waals surface area contributed by atoms with E-state index in [0.717, 1.165) is 24.5 Å². The van der Waals surface area contributed by atoms with E-state index in [1.54, 1.807) is 11.3 Å². The van der Waals surface area contributed by atoms with Gasteiger partial charge in [0.15, 0.2) is 6.29 Å². The normalized spacial score (nSPS) is 17.2. The Morgan fingerprint density at radius 2 is 2.00 bits per heavy atom. The van der Waals surface area contributed by atoms with Gasteiger partial charge in [-0.3, -0.25) is 15.6 Å². The predicted molar refractivity (Wildman–Crippen MR) is 106 cm³/mol.